The van der Waals surface area contributed by atoms with Crippen LogP contribution in [0.4, 0.5) is 0 Å². The van der Waals surface area contributed by atoms with E-state index in [2.05, 4.69) is 71.0 Å². The van der Waals surface area contributed by atoms with Gasteiger partial charge < -0.3 is 4.74 Å². The molecule has 0 amide bonds. The van der Waals surface area contributed by atoms with Gasteiger partial charge in [-0.2, -0.15) is 4.40 Å². The molecule has 4 rings (SSSR count). The summed E-state index contributed by atoms with van der Waals surface area (Å²) in [6.45, 7) is 2.61. The van der Waals surface area contributed by atoms with Gasteiger partial charge in [0.15, 0.2) is 12.3 Å². The molecule has 2 aromatic carbocycles. The lowest BCUT2D eigenvalue weighted by molar-refractivity contribution is -0.518. The highest BCUT2D eigenvalue weighted by atomic mass is 16.5. The van der Waals surface area contributed by atoms with Crippen LogP contribution in [0.2, 0.25) is 0 Å². The van der Waals surface area contributed by atoms with Crippen LogP contribution >= 0.6 is 0 Å². The van der Waals surface area contributed by atoms with Crippen molar-refractivity contribution in [2.45, 2.75) is 13.5 Å². The molecule has 0 radical (unpaired) electrons. The molecule has 0 aliphatic carbocycles. The highest BCUT2D eigenvalue weighted by Crippen LogP contribution is 2.22. The summed E-state index contributed by atoms with van der Waals surface area (Å²) in [5, 5.41) is 0. The molecule has 24 heavy (non-hydrogen) atoms. The lowest BCUT2D eigenvalue weighted by atomic mass is 10.1. The lowest BCUT2D eigenvalue weighted by Crippen LogP contribution is -2.22. The summed E-state index contributed by atoms with van der Waals surface area (Å²) in [6.07, 6.45) is 2.09. The molecule has 0 fully saturated rings. The number of H-pyrrole nitrogens is 1. The SMILES string of the molecule is Cc1cccc2[nH]c(COc3ccc(-c4ccccc4)cc3)c[n+]12. The van der Waals surface area contributed by atoms with Crippen molar-refractivity contribution in [2.75, 3.05) is 0 Å². The first-order chi connectivity index (χ1) is 11.8. The van der Waals surface area contributed by atoms with E-state index in [1.807, 2.05) is 24.3 Å². The van der Waals surface area contributed by atoms with Gasteiger partial charge in [0.2, 0.25) is 0 Å². The maximum absolute atomic E-state index is 5.91. The smallest absolute Gasteiger partial charge is 0.284 e. The molecule has 0 aliphatic rings. The van der Waals surface area contributed by atoms with E-state index < -0.39 is 0 Å². The fraction of sp³-hybridized carbons (Fsp3) is 0.0952. The van der Waals surface area contributed by atoms with Crippen LogP contribution in [0.3, 0.4) is 0 Å². The number of nitrogens with one attached hydrogen (secondary N) is 1. The van der Waals surface area contributed by atoms with Gasteiger partial charge in [0.05, 0.1) is 0 Å². The number of hydrogen-bond acceptors (Lipinski definition) is 1. The molecule has 0 spiro atoms. The molecular weight excluding hydrogens is 296 g/mol. The predicted molar refractivity (Wildman–Crippen MR) is 94.9 cm³/mol. The van der Waals surface area contributed by atoms with Gasteiger partial charge in [0.1, 0.15) is 17.6 Å². The van der Waals surface area contributed by atoms with Gasteiger partial charge in [0.25, 0.3) is 5.65 Å². The maximum atomic E-state index is 5.91. The molecule has 0 saturated carbocycles. The second kappa shape index (κ2) is 6.20. The minimum atomic E-state index is 0.520. The Balaban J connectivity index is 1.48. The van der Waals surface area contributed by atoms with Crippen molar-refractivity contribution in [3.05, 3.63) is 90.4 Å². The summed E-state index contributed by atoms with van der Waals surface area (Å²) in [7, 11) is 0. The van der Waals surface area contributed by atoms with Crippen molar-refractivity contribution in [1.29, 1.82) is 0 Å². The third kappa shape index (κ3) is 2.88. The summed E-state index contributed by atoms with van der Waals surface area (Å²) < 4.78 is 8.04. The quantitative estimate of drug-likeness (QED) is 0.559. The summed E-state index contributed by atoms with van der Waals surface area (Å²) in [4.78, 5) is 3.38. The Morgan fingerprint density at radius 2 is 1.58 bits per heavy atom. The summed E-state index contributed by atoms with van der Waals surface area (Å²) in [6, 6.07) is 24.8. The maximum Gasteiger partial charge on any atom is 0.284 e. The van der Waals surface area contributed by atoms with E-state index in [-0.39, 0.29) is 0 Å². The first kappa shape index (κ1) is 14.5. The van der Waals surface area contributed by atoms with E-state index in [0.29, 0.717) is 6.61 Å². The average Bonchev–Trinajstić information content (AvgIpc) is 3.06. The number of imidazole rings is 1. The first-order valence-electron chi connectivity index (χ1n) is 8.07. The zero-order valence-electron chi connectivity index (χ0n) is 13.6. The molecule has 0 atom stereocenters. The van der Waals surface area contributed by atoms with Crippen LogP contribution in [-0.4, -0.2) is 4.98 Å². The molecule has 0 saturated heterocycles. The first-order valence-corrected chi connectivity index (χ1v) is 8.07. The van der Waals surface area contributed by atoms with Crippen LogP contribution in [0.25, 0.3) is 16.8 Å². The third-order valence-electron chi connectivity index (χ3n) is 4.16. The Hall–Kier alpha value is -3.07. The normalized spacial score (nSPS) is 10.9. The average molecular weight is 315 g/mol. The second-order valence-electron chi connectivity index (χ2n) is 5.88. The molecule has 3 nitrogen and oxygen atoms in total. The van der Waals surface area contributed by atoms with Crippen molar-refractivity contribution in [1.82, 2.24) is 4.98 Å². The van der Waals surface area contributed by atoms with E-state index in [1.54, 1.807) is 0 Å². The van der Waals surface area contributed by atoms with Gasteiger partial charge in [-0.05, 0) is 36.2 Å². The van der Waals surface area contributed by atoms with Crippen molar-refractivity contribution in [2.24, 2.45) is 0 Å². The third-order valence-corrected chi connectivity index (χ3v) is 4.16. The summed E-state index contributed by atoms with van der Waals surface area (Å²) in [5.41, 5.74) is 5.73. The van der Waals surface area contributed by atoms with Crippen LogP contribution in [-0.2, 0) is 6.61 Å². The topological polar surface area (TPSA) is 29.1 Å². The zero-order chi connectivity index (χ0) is 16.4. The molecule has 2 heterocycles. The van der Waals surface area contributed by atoms with Crippen LogP contribution in [0.15, 0.2) is 79.0 Å². The monoisotopic (exact) mass is 315 g/mol. The van der Waals surface area contributed by atoms with E-state index in [1.165, 1.54) is 16.8 Å². The number of aryl methyl sites for hydroxylation is 1. The lowest BCUT2D eigenvalue weighted by Gasteiger charge is -2.05. The Morgan fingerprint density at radius 1 is 0.833 bits per heavy atom. The van der Waals surface area contributed by atoms with Crippen LogP contribution in [0.5, 0.6) is 5.75 Å². The standard InChI is InChI=1S/C21H18N2O/c1-16-6-5-9-21-22-19(14-23(16)21)15-24-20-12-10-18(11-13-20)17-7-3-2-4-8-17/h2-14H,15H2,1H3/p+1. The van der Waals surface area contributed by atoms with Gasteiger partial charge in [-0.15, -0.1) is 0 Å². The summed E-state index contributed by atoms with van der Waals surface area (Å²) >= 11 is 0. The molecule has 0 unspecified atom stereocenters. The van der Waals surface area contributed by atoms with Crippen LogP contribution in [0.1, 0.15) is 11.4 Å². The number of benzene rings is 2. The van der Waals surface area contributed by atoms with Crippen molar-refractivity contribution < 1.29 is 9.14 Å². The fourth-order valence-electron chi connectivity index (χ4n) is 2.86. The van der Waals surface area contributed by atoms with E-state index in [0.717, 1.165) is 17.1 Å². The van der Waals surface area contributed by atoms with Gasteiger partial charge in [-0.1, -0.05) is 48.5 Å². The molecule has 3 heteroatoms. The fourth-order valence-corrected chi connectivity index (χ4v) is 2.86. The molecular formula is C21H19N2O+. The van der Waals surface area contributed by atoms with Crippen molar-refractivity contribution >= 4 is 5.65 Å². The number of aromatic amines is 1. The molecule has 2 aromatic heterocycles. The van der Waals surface area contributed by atoms with Gasteiger partial charge >= 0.3 is 0 Å². The number of pyridine rings is 1. The Bertz CT molecular complexity index is 956. The number of rotatable bonds is 4. The van der Waals surface area contributed by atoms with Crippen molar-refractivity contribution in [3.8, 4) is 16.9 Å². The highest BCUT2D eigenvalue weighted by molar-refractivity contribution is 5.63. The zero-order valence-corrected chi connectivity index (χ0v) is 13.6. The minimum absolute atomic E-state index is 0.520. The predicted octanol–water partition coefficient (Wildman–Crippen LogP) is 4.31. The molecule has 4 aromatic rings. The number of fused-ring (bicyclic) bond motifs is 1. The number of aromatic nitrogens is 2. The summed E-state index contributed by atoms with van der Waals surface area (Å²) in [5.74, 6) is 0.870. The van der Waals surface area contributed by atoms with Crippen LogP contribution in [0, 0.1) is 6.92 Å². The van der Waals surface area contributed by atoms with Gasteiger partial charge in [-0.25, -0.2) is 4.98 Å². The Labute approximate surface area is 141 Å². The van der Waals surface area contributed by atoms with Gasteiger partial charge in [0, 0.05) is 6.07 Å². The Kier molecular flexibility index (Phi) is 3.75. The second-order valence-corrected chi connectivity index (χ2v) is 5.88. The Morgan fingerprint density at radius 3 is 2.33 bits per heavy atom. The number of hydrogen-bond donors (Lipinski definition) is 1. The number of ether oxygens (including phenoxy) is 1. The molecule has 0 aliphatic heterocycles. The number of nitrogens with zero attached hydrogens (tertiary/aromatic N) is 1. The molecule has 0 bridgehead atoms. The molecule has 118 valence electrons. The molecule has 1 N–H and O–H groups in total. The van der Waals surface area contributed by atoms with E-state index in [9.17, 15) is 0 Å². The van der Waals surface area contributed by atoms with Crippen LogP contribution < -0.4 is 9.14 Å². The van der Waals surface area contributed by atoms with Gasteiger partial charge in [-0.3, -0.25) is 0 Å². The highest BCUT2D eigenvalue weighted by Gasteiger charge is 2.10. The van der Waals surface area contributed by atoms with Crippen molar-refractivity contribution in [3.63, 3.8) is 0 Å². The van der Waals surface area contributed by atoms with E-state index in [4.69, 9.17) is 4.74 Å². The minimum Gasteiger partial charge on any atom is -0.485 e. The van der Waals surface area contributed by atoms with E-state index >= 15 is 0 Å². The largest absolute Gasteiger partial charge is 0.485 e.